The van der Waals surface area contributed by atoms with Crippen LogP contribution >= 0.6 is 0 Å². The fraction of sp³-hybridized carbons (Fsp3) is 0.500. The lowest BCUT2D eigenvalue weighted by Crippen LogP contribution is -2.12. The number of aromatic nitrogens is 4. The summed E-state index contributed by atoms with van der Waals surface area (Å²) in [6.45, 7) is 8.68. The Balaban J connectivity index is 2.47. The molecule has 0 atom stereocenters. The number of nitriles is 1. The van der Waals surface area contributed by atoms with Crippen molar-refractivity contribution < 1.29 is 0 Å². The second kappa shape index (κ2) is 5.60. The summed E-state index contributed by atoms with van der Waals surface area (Å²) in [7, 11) is 1.76. The van der Waals surface area contributed by atoms with Gasteiger partial charge in [-0.2, -0.15) is 10.4 Å². The van der Waals surface area contributed by atoms with Crippen molar-refractivity contribution in [3.63, 3.8) is 0 Å². The largest absolute Gasteiger partial charge is 0.382 e. The van der Waals surface area contributed by atoms with Gasteiger partial charge < -0.3 is 5.73 Å². The normalized spacial score (nSPS) is 12.0. The third kappa shape index (κ3) is 2.83. The van der Waals surface area contributed by atoms with E-state index < -0.39 is 0 Å². The second-order valence-electron chi connectivity index (χ2n) is 5.99. The number of aryl methyl sites for hydroxylation is 2. The van der Waals surface area contributed by atoms with Gasteiger partial charge in [-0.15, -0.1) is 15.3 Å². The minimum Gasteiger partial charge on any atom is -0.382 e. The summed E-state index contributed by atoms with van der Waals surface area (Å²) < 4.78 is 3.22. The number of rotatable bonds is 3. The Kier molecular flexibility index (Phi) is 3.99. The van der Waals surface area contributed by atoms with Gasteiger partial charge in [0, 0.05) is 25.2 Å². The van der Waals surface area contributed by atoms with E-state index in [9.17, 15) is 0 Å². The first-order valence-electron chi connectivity index (χ1n) is 7.00. The van der Waals surface area contributed by atoms with Gasteiger partial charge in [-0.05, 0) is 6.92 Å². The number of nitrogens with zero attached hydrogens (tertiary/aromatic N) is 7. The molecule has 0 amide bonds. The first-order valence-corrected chi connectivity index (χ1v) is 7.00. The molecule has 0 saturated heterocycles. The predicted molar refractivity (Wildman–Crippen MR) is 83.1 cm³/mol. The van der Waals surface area contributed by atoms with Crippen molar-refractivity contribution in [2.24, 2.45) is 17.3 Å². The summed E-state index contributed by atoms with van der Waals surface area (Å²) in [5.74, 6) is 0.717. The molecular weight excluding hydrogens is 280 g/mol. The molecule has 2 aromatic rings. The van der Waals surface area contributed by atoms with Gasteiger partial charge in [-0.3, -0.25) is 9.36 Å². The minimum atomic E-state index is -0.218. The van der Waals surface area contributed by atoms with Crippen molar-refractivity contribution in [2.75, 3.05) is 5.73 Å². The van der Waals surface area contributed by atoms with Crippen LogP contribution < -0.4 is 5.73 Å². The Hall–Kier alpha value is -2.69. The molecule has 2 aromatic heterocycles. The molecule has 0 radical (unpaired) electrons. The van der Waals surface area contributed by atoms with Gasteiger partial charge in [0.05, 0.1) is 5.69 Å². The summed E-state index contributed by atoms with van der Waals surface area (Å²) in [4.78, 5) is 0. The van der Waals surface area contributed by atoms with E-state index in [1.54, 1.807) is 22.6 Å². The molecule has 0 aliphatic carbocycles. The van der Waals surface area contributed by atoms with E-state index in [2.05, 4.69) is 26.5 Å². The van der Waals surface area contributed by atoms with E-state index >= 15 is 0 Å². The molecule has 8 nitrogen and oxygen atoms in total. The van der Waals surface area contributed by atoms with Gasteiger partial charge in [0.15, 0.2) is 5.69 Å². The molecule has 0 saturated carbocycles. The summed E-state index contributed by atoms with van der Waals surface area (Å²) in [5, 5.41) is 26.0. The third-order valence-corrected chi connectivity index (χ3v) is 3.21. The van der Waals surface area contributed by atoms with Gasteiger partial charge in [-0.25, -0.2) is 0 Å². The Morgan fingerprint density at radius 1 is 1.32 bits per heavy atom. The van der Waals surface area contributed by atoms with Crippen molar-refractivity contribution in [2.45, 2.75) is 39.7 Å². The van der Waals surface area contributed by atoms with Crippen LogP contribution in [0.1, 0.15) is 39.0 Å². The molecule has 0 aliphatic rings. The Bertz CT molecular complexity index is 751. The number of hydrogen-bond acceptors (Lipinski definition) is 6. The summed E-state index contributed by atoms with van der Waals surface area (Å²) >= 11 is 0. The average molecular weight is 300 g/mol. The zero-order valence-corrected chi connectivity index (χ0v) is 13.5. The average Bonchev–Trinajstić information content (AvgIpc) is 2.98. The van der Waals surface area contributed by atoms with Gasteiger partial charge in [0.1, 0.15) is 17.5 Å². The molecule has 2 N–H and O–H groups in total. The molecule has 0 aliphatic heterocycles. The second-order valence-corrected chi connectivity index (χ2v) is 5.99. The van der Waals surface area contributed by atoms with Crippen molar-refractivity contribution >= 4 is 17.3 Å². The maximum absolute atomic E-state index is 9.12. The first-order chi connectivity index (χ1) is 10.3. The van der Waals surface area contributed by atoms with Gasteiger partial charge in [0.2, 0.25) is 5.82 Å². The SMILES string of the molecule is CCn1cc(C#N)c(N=Nc2c(C(C)(C)C)nn(C)c2N)n1. The van der Waals surface area contributed by atoms with Crippen LogP contribution in [0, 0.1) is 11.3 Å². The van der Waals surface area contributed by atoms with Gasteiger partial charge in [-0.1, -0.05) is 20.8 Å². The van der Waals surface area contributed by atoms with E-state index in [-0.39, 0.29) is 11.2 Å². The standard InChI is InChI=1S/C14H20N8/c1-6-22-8-9(7-15)13(20-22)18-17-10-11(14(2,3)4)19-21(5)12(10)16/h8H,6,16H2,1-5H3. The lowest BCUT2D eigenvalue weighted by Gasteiger charge is -2.15. The van der Waals surface area contributed by atoms with Crippen molar-refractivity contribution in [1.29, 1.82) is 5.26 Å². The number of hydrogen-bond donors (Lipinski definition) is 1. The van der Waals surface area contributed by atoms with E-state index in [0.717, 1.165) is 5.69 Å². The topological polar surface area (TPSA) is 110 Å². The van der Waals surface area contributed by atoms with Crippen LogP contribution in [0.3, 0.4) is 0 Å². The zero-order chi connectivity index (χ0) is 16.5. The molecule has 0 fully saturated rings. The molecule has 2 heterocycles. The number of nitrogens with two attached hydrogens (primary N) is 1. The van der Waals surface area contributed by atoms with Crippen LogP contribution in [-0.2, 0) is 19.0 Å². The van der Waals surface area contributed by atoms with Crippen LogP contribution in [0.5, 0.6) is 0 Å². The highest BCUT2D eigenvalue weighted by atomic mass is 15.4. The summed E-state index contributed by atoms with van der Waals surface area (Å²) in [6, 6.07) is 2.06. The lowest BCUT2D eigenvalue weighted by atomic mass is 9.91. The van der Waals surface area contributed by atoms with Gasteiger partial charge >= 0.3 is 0 Å². The van der Waals surface area contributed by atoms with Crippen LogP contribution in [0.15, 0.2) is 16.4 Å². The monoisotopic (exact) mass is 300 g/mol. The predicted octanol–water partition coefficient (Wildman–Crippen LogP) is 2.80. The smallest absolute Gasteiger partial charge is 0.213 e. The van der Waals surface area contributed by atoms with Crippen molar-refractivity contribution in [3.05, 3.63) is 17.5 Å². The molecule has 2 rings (SSSR count). The molecule has 0 spiro atoms. The van der Waals surface area contributed by atoms with Gasteiger partial charge in [0.25, 0.3) is 0 Å². The highest BCUT2D eigenvalue weighted by Gasteiger charge is 2.25. The fourth-order valence-corrected chi connectivity index (χ4v) is 1.95. The van der Waals surface area contributed by atoms with Crippen molar-refractivity contribution in [3.8, 4) is 6.07 Å². The maximum Gasteiger partial charge on any atom is 0.213 e. The molecule has 116 valence electrons. The molecule has 8 heteroatoms. The van der Waals surface area contributed by atoms with E-state index in [4.69, 9.17) is 11.0 Å². The lowest BCUT2D eigenvalue weighted by molar-refractivity contribution is 0.554. The highest BCUT2D eigenvalue weighted by molar-refractivity contribution is 5.63. The zero-order valence-electron chi connectivity index (χ0n) is 13.5. The summed E-state index contributed by atoms with van der Waals surface area (Å²) in [6.07, 6.45) is 1.64. The van der Waals surface area contributed by atoms with E-state index in [1.807, 2.05) is 27.7 Å². The van der Waals surface area contributed by atoms with E-state index in [0.29, 0.717) is 23.6 Å². The highest BCUT2D eigenvalue weighted by Crippen LogP contribution is 2.36. The Morgan fingerprint density at radius 2 is 2.00 bits per heavy atom. The number of azo groups is 1. The molecule has 0 bridgehead atoms. The van der Waals surface area contributed by atoms with Crippen LogP contribution in [0.4, 0.5) is 17.3 Å². The fourth-order valence-electron chi connectivity index (χ4n) is 1.95. The molecule has 0 unspecified atom stereocenters. The van der Waals surface area contributed by atoms with Crippen LogP contribution in [-0.4, -0.2) is 19.6 Å². The molecule has 0 aromatic carbocycles. The number of nitrogen functional groups attached to an aromatic ring is 1. The number of anilines is 1. The first kappa shape index (κ1) is 15.7. The quantitative estimate of drug-likeness (QED) is 0.878. The third-order valence-electron chi connectivity index (χ3n) is 3.21. The van der Waals surface area contributed by atoms with Crippen molar-refractivity contribution in [1.82, 2.24) is 19.6 Å². The molecule has 22 heavy (non-hydrogen) atoms. The Labute approximate surface area is 129 Å². The maximum atomic E-state index is 9.12. The van der Waals surface area contributed by atoms with Crippen LogP contribution in [0.2, 0.25) is 0 Å². The Morgan fingerprint density at radius 3 is 2.55 bits per heavy atom. The van der Waals surface area contributed by atoms with E-state index in [1.165, 1.54) is 0 Å². The minimum absolute atomic E-state index is 0.218. The summed E-state index contributed by atoms with van der Waals surface area (Å²) in [5.41, 5.74) is 7.46. The van der Waals surface area contributed by atoms with Crippen LogP contribution in [0.25, 0.3) is 0 Å². The molecular formula is C14H20N8.